The molecule has 0 spiro atoms. The van der Waals surface area contributed by atoms with Crippen LogP contribution in [0.25, 0.3) is 11.3 Å². The van der Waals surface area contributed by atoms with Crippen molar-refractivity contribution < 1.29 is 23.1 Å². The SMILES string of the molecule is COC(=O)c1cc(-c2csc(NC(=O)c3sccc3SC(F)F)n2)c[nH]1. The second-order valence-corrected chi connectivity index (χ2v) is 7.58. The molecule has 11 heteroatoms. The summed E-state index contributed by atoms with van der Waals surface area (Å²) in [5.41, 5.74) is 1.51. The average molecular weight is 415 g/mol. The van der Waals surface area contributed by atoms with E-state index in [0.717, 1.165) is 11.3 Å². The number of carbonyl (C=O) groups is 2. The predicted octanol–water partition coefficient (Wildman–Crippen LogP) is 4.55. The molecule has 0 aliphatic carbocycles. The quantitative estimate of drug-likeness (QED) is 0.456. The highest BCUT2D eigenvalue weighted by atomic mass is 32.2. The Hall–Kier alpha value is -2.24. The van der Waals surface area contributed by atoms with Gasteiger partial charge in [-0.25, -0.2) is 9.78 Å². The Morgan fingerprint density at radius 3 is 2.92 bits per heavy atom. The van der Waals surface area contributed by atoms with Crippen LogP contribution >= 0.6 is 34.4 Å². The van der Waals surface area contributed by atoms with Gasteiger partial charge >= 0.3 is 5.97 Å². The number of rotatable bonds is 6. The van der Waals surface area contributed by atoms with Crippen LogP contribution < -0.4 is 5.32 Å². The Labute approximate surface area is 158 Å². The number of thioether (sulfide) groups is 1. The zero-order valence-electron chi connectivity index (χ0n) is 13.1. The van der Waals surface area contributed by atoms with Crippen molar-refractivity contribution in [1.82, 2.24) is 9.97 Å². The number of ether oxygens (including phenoxy) is 1. The highest BCUT2D eigenvalue weighted by Crippen LogP contribution is 2.33. The topological polar surface area (TPSA) is 84.1 Å². The third-order valence-electron chi connectivity index (χ3n) is 3.16. The van der Waals surface area contributed by atoms with Gasteiger partial charge in [-0.3, -0.25) is 10.1 Å². The van der Waals surface area contributed by atoms with Crippen LogP contribution in [0.15, 0.2) is 34.0 Å². The largest absolute Gasteiger partial charge is 0.464 e. The van der Waals surface area contributed by atoms with Crippen LogP contribution in [-0.2, 0) is 4.74 Å². The molecule has 136 valence electrons. The van der Waals surface area contributed by atoms with Crippen LogP contribution in [0.4, 0.5) is 13.9 Å². The van der Waals surface area contributed by atoms with E-state index in [0.29, 0.717) is 28.2 Å². The molecule has 1 amide bonds. The van der Waals surface area contributed by atoms with Crippen molar-refractivity contribution in [2.24, 2.45) is 0 Å². The molecule has 0 fully saturated rings. The van der Waals surface area contributed by atoms with Gasteiger partial charge in [0.1, 0.15) is 10.6 Å². The monoisotopic (exact) mass is 415 g/mol. The van der Waals surface area contributed by atoms with E-state index in [1.54, 1.807) is 23.0 Å². The lowest BCUT2D eigenvalue weighted by atomic mass is 10.2. The van der Waals surface area contributed by atoms with E-state index in [9.17, 15) is 18.4 Å². The lowest BCUT2D eigenvalue weighted by Gasteiger charge is -2.02. The minimum Gasteiger partial charge on any atom is -0.464 e. The van der Waals surface area contributed by atoms with Gasteiger partial charge in [0.05, 0.1) is 12.8 Å². The molecule has 0 aliphatic rings. The first-order valence-corrected chi connectivity index (χ1v) is 9.68. The summed E-state index contributed by atoms with van der Waals surface area (Å²) in [6.45, 7) is 0. The fourth-order valence-electron chi connectivity index (χ4n) is 2.04. The molecule has 0 unspecified atom stereocenters. The van der Waals surface area contributed by atoms with Crippen molar-refractivity contribution >= 4 is 51.4 Å². The van der Waals surface area contributed by atoms with Crippen LogP contribution in [0.3, 0.4) is 0 Å². The number of nitrogens with one attached hydrogen (secondary N) is 2. The number of hydrogen-bond donors (Lipinski definition) is 2. The first kappa shape index (κ1) is 18.5. The maximum Gasteiger partial charge on any atom is 0.354 e. The molecule has 3 aromatic heterocycles. The van der Waals surface area contributed by atoms with Crippen molar-refractivity contribution in [2.75, 3.05) is 12.4 Å². The normalized spacial score (nSPS) is 10.9. The molecule has 6 nitrogen and oxygen atoms in total. The van der Waals surface area contributed by atoms with E-state index >= 15 is 0 Å². The molecule has 0 radical (unpaired) electrons. The van der Waals surface area contributed by atoms with Gasteiger partial charge in [-0.1, -0.05) is 11.8 Å². The summed E-state index contributed by atoms with van der Waals surface area (Å²) in [5, 5.41) is 6.23. The number of alkyl halides is 2. The molecular weight excluding hydrogens is 404 g/mol. The molecule has 0 aromatic carbocycles. The minimum absolute atomic E-state index is 0.210. The number of aromatic nitrogens is 2. The molecule has 0 aliphatic heterocycles. The van der Waals surface area contributed by atoms with E-state index in [-0.39, 0.29) is 15.5 Å². The van der Waals surface area contributed by atoms with E-state index in [1.807, 2.05) is 0 Å². The van der Waals surface area contributed by atoms with Gasteiger partial charge in [0.15, 0.2) is 5.13 Å². The summed E-state index contributed by atoms with van der Waals surface area (Å²) in [4.78, 5) is 31.3. The number of anilines is 1. The van der Waals surface area contributed by atoms with Gasteiger partial charge in [0, 0.05) is 22.0 Å². The Kier molecular flexibility index (Phi) is 5.69. The Morgan fingerprint density at radius 1 is 1.38 bits per heavy atom. The molecule has 3 aromatic rings. The molecule has 3 rings (SSSR count). The summed E-state index contributed by atoms with van der Waals surface area (Å²) < 4.78 is 29.7. The molecular formula is C15H11F2N3O3S3. The first-order valence-electron chi connectivity index (χ1n) is 7.04. The number of thiophene rings is 1. The Morgan fingerprint density at radius 2 is 2.19 bits per heavy atom. The lowest BCUT2D eigenvalue weighted by molar-refractivity contribution is 0.0594. The van der Waals surface area contributed by atoms with Crippen molar-refractivity contribution in [3.63, 3.8) is 0 Å². The number of carbonyl (C=O) groups excluding carboxylic acids is 2. The van der Waals surface area contributed by atoms with Crippen molar-refractivity contribution in [3.8, 4) is 11.3 Å². The second-order valence-electron chi connectivity index (χ2n) is 4.78. The standard InChI is InChI=1S/C15H11F2N3O3S3/c1-23-13(22)8-4-7(5-18-8)9-6-25-15(19-9)20-12(21)11-10(2-3-24-11)26-14(16)17/h2-6,14,18H,1H3,(H,19,20,21). The predicted molar refractivity (Wildman–Crippen MR) is 97.4 cm³/mol. The van der Waals surface area contributed by atoms with Crippen LogP contribution in [0.5, 0.6) is 0 Å². The van der Waals surface area contributed by atoms with E-state index in [2.05, 4.69) is 20.0 Å². The third kappa shape index (κ3) is 4.11. The number of nitrogens with zero attached hydrogens (tertiary/aromatic N) is 1. The van der Waals surface area contributed by atoms with E-state index in [1.165, 1.54) is 24.5 Å². The summed E-state index contributed by atoms with van der Waals surface area (Å²) in [6.07, 6.45) is 1.60. The smallest absolute Gasteiger partial charge is 0.354 e. The molecule has 26 heavy (non-hydrogen) atoms. The molecule has 0 atom stereocenters. The lowest BCUT2D eigenvalue weighted by Crippen LogP contribution is -2.11. The van der Waals surface area contributed by atoms with Crippen LogP contribution in [0.2, 0.25) is 0 Å². The van der Waals surface area contributed by atoms with Gasteiger partial charge in [-0.05, 0) is 17.5 Å². The summed E-state index contributed by atoms with van der Waals surface area (Å²) in [7, 11) is 1.28. The molecule has 2 N–H and O–H groups in total. The van der Waals surface area contributed by atoms with Crippen LogP contribution in [0.1, 0.15) is 20.2 Å². The summed E-state index contributed by atoms with van der Waals surface area (Å²) >= 11 is 2.61. The van der Waals surface area contributed by atoms with Crippen molar-refractivity contribution in [1.29, 1.82) is 0 Å². The fourth-order valence-corrected chi connectivity index (χ4v) is 4.35. The Balaban J connectivity index is 1.72. The molecule has 0 bridgehead atoms. The number of thiazole rings is 1. The van der Waals surface area contributed by atoms with Gasteiger partial charge in [-0.15, -0.1) is 22.7 Å². The fraction of sp³-hybridized carbons (Fsp3) is 0.133. The van der Waals surface area contributed by atoms with Crippen LogP contribution in [-0.4, -0.2) is 34.7 Å². The Bertz CT molecular complexity index is 935. The molecule has 0 saturated carbocycles. The number of amides is 1. The zero-order valence-corrected chi connectivity index (χ0v) is 15.6. The van der Waals surface area contributed by atoms with Gasteiger partial charge in [0.25, 0.3) is 11.7 Å². The summed E-state index contributed by atoms with van der Waals surface area (Å²) in [5.74, 6) is -3.59. The average Bonchev–Trinajstić information content (AvgIpc) is 3.33. The van der Waals surface area contributed by atoms with E-state index < -0.39 is 17.6 Å². The number of H-pyrrole nitrogens is 1. The number of hydrogen-bond acceptors (Lipinski definition) is 7. The second kappa shape index (κ2) is 7.98. The maximum atomic E-state index is 12.5. The first-order chi connectivity index (χ1) is 12.5. The highest BCUT2D eigenvalue weighted by molar-refractivity contribution is 7.99. The maximum absolute atomic E-state index is 12.5. The van der Waals surface area contributed by atoms with Crippen molar-refractivity contribution in [2.45, 2.75) is 10.7 Å². The van der Waals surface area contributed by atoms with Crippen LogP contribution in [0, 0.1) is 0 Å². The molecule has 0 saturated heterocycles. The number of halogens is 2. The zero-order chi connectivity index (χ0) is 18.7. The van der Waals surface area contributed by atoms with Crippen molar-refractivity contribution in [3.05, 3.63) is 39.7 Å². The number of methoxy groups -OCH3 is 1. The molecule has 3 heterocycles. The van der Waals surface area contributed by atoms with Gasteiger partial charge < -0.3 is 9.72 Å². The number of aromatic amines is 1. The minimum atomic E-state index is -2.60. The van der Waals surface area contributed by atoms with E-state index in [4.69, 9.17) is 0 Å². The van der Waals surface area contributed by atoms with Gasteiger partial charge in [-0.2, -0.15) is 8.78 Å². The number of esters is 1. The van der Waals surface area contributed by atoms with Gasteiger partial charge in [0.2, 0.25) is 0 Å². The third-order valence-corrected chi connectivity index (χ3v) is 5.73. The highest BCUT2D eigenvalue weighted by Gasteiger charge is 2.19. The summed E-state index contributed by atoms with van der Waals surface area (Å²) in [6, 6.07) is 3.07.